The quantitative estimate of drug-likeness (QED) is 0.503. The van der Waals surface area contributed by atoms with E-state index in [1.807, 2.05) is 31.2 Å². The molecule has 2 aliphatic rings. The van der Waals surface area contributed by atoms with Crippen LogP contribution in [0, 0.1) is 6.92 Å². The topological polar surface area (TPSA) is 105 Å². The summed E-state index contributed by atoms with van der Waals surface area (Å²) in [4.78, 5) is 50.9. The molecule has 2 N–H and O–H groups in total. The molecule has 34 heavy (non-hydrogen) atoms. The van der Waals surface area contributed by atoms with Crippen LogP contribution in [0.25, 0.3) is 6.08 Å². The normalized spacial score (nSPS) is 18.1. The van der Waals surface area contributed by atoms with Crippen molar-refractivity contribution in [3.8, 4) is 5.75 Å². The van der Waals surface area contributed by atoms with E-state index in [1.54, 1.807) is 24.3 Å². The highest BCUT2D eigenvalue weighted by Crippen LogP contribution is 2.26. The first-order chi connectivity index (χ1) is 16.4. The molecule has 2 fully saturated rings. The lowest BCUT2D eigenvalue weighted by molar-refractivity contribution is -0.132. The third-order valence-corrected chi connectivity index (χ3v) is 5.97. The first-order valence-corrected chi connectivity index (χ1v) is 11.4. The molecular weight excluding hydrogens is 434 g/mol. The van der Waals surface area contributed by atoms with Gasteiger partial charge in [-0.05, 0) is 55.7 Å². The average molecular weight is 462 g/mol. The Bertz CT molecular complexity index is 1120. The van der Waals surface area contributed by atoms with E-state index in [0.29, 0.717) is 17.0 Å². The van der Waals surface area contributed by atoms with Gasteiger partial charge in [-0.3, -0.25) is 24.6 Å². The monoisotopic (exact) mass is 461 g/mol. The van der Waals surface area contributed by atoms with Crippen LogP contribution >= 0.6 is 0 Å². The fraction of sp³-hybridized carbons (Fsp3) is 0.308. The van der Waals surface area contributed by atoms with Gasteiger partial charge in [-0.1, -0.05) is 49.1 Å². The summed E-state index contributed by atoms with van der Waals surface area (Å²) in [6.07, 6.45) is 5.98. The smallest absolute Gasteiger partial charge is 0.331 e. The number of aryl methyl sites for hydroxylation is 1. The summed E-state index contributed by atoms with van der Waals surface area (Å²) in [7, 11) is 0. The fourth-order valence-electron chi connectivity index (χ4n) is 4.15. The van der Waals surface area contributed by atoms with Gasteiger partial charge in [0, 0.05) is 11.7 Å². The molecule has 0 atom stereocenters. The summed E-state index contributed by atoms with van der Waals surface area (Å²) in [6.45, 7) is 1.81. The van der Waals surface area contributed by atoms with Gasteiger partial charge in [-0.15, -0.1) is 0 Å². The molecule has 1 saturated carbocycles. The molecule has 2 aromatic carbocycles. The first kappa shape index (κ1) is 23.2. The Kier molecular flexibility index (Phi) is 7.06. The van der Waals surface area contributed by atoms with Crippen molar-refractivity contribution in [2.24, 2.45) is 0 Å². The SMILES string of the molecule is Cc1ccc(NC(=O)COc2ccc(C=C3C(=O)NC(=O)N(C4CCCCC4)C3=O)cc2)cc1. The number of carbonyl (C=O) groups excluding carboxylic acids is 4. The van der Waals surface area contributed by atoms with Crippen LogP contribution in [0.5, 0.6) is 5.75 Å². The van der Waals surface area contributed by atoms with E-state index in [9.17, 15) is 19.2 Å². The first-order valence-electron chi connectivity index (χ1n) is 11.4. The Labute approximate surface area is 198 Å². The van der Waals surface area contributed by atoms with Crippen LogP contribution in [-0.2, 0) is 14.4 Å². The van der Waals surface area contributed by atoms with Crippen LogP contribution < -0.4 is 15.4 Å². The van der Waals surface area contributed by atoms with Gasteiger partial charge in [0.1, 0.15) is 11.3 Å². The molecule has 5 amide bonds. The summed E-state index contributed by atoms with van der Waals surface area (Å²) >= 11 is 0. The van der Waals surface area contributed by atoms with Gasteiger partial charge in [-0.2, -0.15) is 0 Å². The molecule has 8 nitrogen and oxygen atoms in total. The molecule has 1 aliphatic heterocycles. The summed E-state index contributed by atoms with van der Waals surface area (Å²) in [6, 6.07) is 13.3. The largest absolute Gasteiger partial charge is 0.484 e. The summed E-state index contributed by atoms with van der Waals surface area (Å²) in [5.41, 5.74) is 2.33. The van der Waals surface area contributed by atoms with Crippen LogP contribution in [0.3, 0.4) is 0 Å². The maximum atomic E-state index is 13.0. The molecule has 0 spiro atoms. The molecule has 1 heterocycles. The third kappa shape index (κ3) is 5.51. The zero-order valence-corrected chi connectivity index (χ0v) is 19.0. The van der Waals surface area contributed by atoms with Crippen molar-refractivity contribution in [3.63, 3.8) is 0 Å². The summed E-state index contributed by atoms with van der Waals surface area (Å²) in [5, 5.41) is 5.05. The average Bonchev–Trinajstić information content (AvgIpc) is 2.83. The number of imide groups is 2. The molecule has 2 aromatic rings. The summed E-state index contributed by atoms with van der Waals surface area (Å²) < 4.78 is 5.53. The standard InChI is InChI=1S/C26H27N3O5/c1-17-7-11-19(12-8-17)27-23(30)16-34-21-13-9-18(10-14-21)15-22-24(31)28-26(33)29(25(22)32)20-5-3-2-4-6-20/h7-15,20H,2-6,16H2,1H3,(H,27,30)(H,28,31,33). The Morgan fingerprint density at radius 3 is 2.38 bits per heavy atom. The second kappa shape index (κ2) is 10.3. The van der Waals surface area contributed by atoms with E-state index >= 15 is 0 Å². The Morgan fingerprint density at radius 1 is 1.03 bits per heavy atom. The van der Waals surface area contributed by atoms with E-state index in [1.165, 1.54) is 11.0 Å². The minimum Gasteiger partial charge on any atom is -0.484 e. The molecule has 0 aromatic heterocycles. The minimum absolute atomic E-state index is 0.0729. The van der Waals surface area contributed by atoms with E-state index in [4.69, 9.17) is 4.74 Å². The lowest BCUT2D eigenvalue weighted by Crippen LogP contribution is -2.58. The van der Waals surface area contributed by atoms with Crippen LogP contribution in [0.2, 0.25) is 0 Å². The number of hydrogen-bond acceptors (Lipinski definition) is 5. The molecule has 8 heteroatoms. The maximum Gasteiger partial charge on any atom is 0.331 e. The van der Waals surface area contributed by atoms with Crippen molar-refractivity contribution in [2.75, 3.05) is 11.9 Å². The number of nitrogens with zero attached hydrogens (tertiary/aromatic N) is 1. The van der Waals surface area contributed by atoms with E-state index in [0.717, 1.165) is 37.7 Å². The Hall–Kier alpha value is -3.94. The molecule has 176 valence electrons. The van der Waals surface area contributed by atoms with Gasteiger partial charge in [0.05, 0.1) is 0 Å². The second-order valence-electron chi connectivity index (χ2n) is 8.56. The number of nitrogens with one attached hydrogen (secondary N) is 2. The lowest BCUT2D eigenvalue weighted by Gasteiger charge is -2.35. The van der Waals surface area contributed by atoms with Crippen molar-refractivity contribution >= 4 is 35.5 Å². The van der Waals surface area contributed by atoms with Crippen molar-refractivity contribution in [1.29, 1.82) is 0 Å². The third-order valence-electron chi connectivity index (χ3n) is 5.97. The molecule has 1 saturated heterocycles. The predicted molar refractivity (Wildman–Crippen MR) is 127 cm³/mol. The molecule has 4 rings (SSSR count). The number of ether oxygens (including phenoxy) is 1. The fourth-order valence-corrected chi connectivity index (χ4v) is 4.15. The van der Waals surface area contributed by atoms with E-state index < -0.39 is 17.8 Å². The van der Waals surface area contributed by atoms with Crippen molar-refractivity contribution in [1.82, 2.24) is 10.2 Å². The number of hydrogen-bond donors (Lipinski definition) is 2. The van der Waals surface area contributed by atoms with Gasteiger partial charge < -0.3 is 10.1 Å². The predicted octanol–water partition coefficient (Wildman–Crippen LogP) is 3.81. The number of carbonyl (C=O) groups is 4. The number of benzene rings is 2. The molecule has 0 radical (unpaired) electrons. The molecule has 0 bridgehead atoms. The van der Waals surface area contributed by atoms with E-state index in [2.05, 4.69) is 10.6 Å². The molecule has 0 unspecified atom stereocenters. The van der Waals surface area contributed by atoms with Crippen LogP contribution in [0.1, 0.15) is 43.2 Å². The van der Waals surface area contributed by atoms with E-state index in [-0.39, 0.29) is 24.1 Å². The summed E-state index contributed by atoms with van der Waals surface area (Å²) in [5.74, 6) is -1.07. The zero-order valence-electron chi connectivity index (χ0n) is 19.0. The highest BCUT2D eigenvalue weighted by molar-refractivity contribution is 6.31. The highest BCUT2D eigenvalue weighted by Gasteiger charge is 2.40. The number of urea groups is 1. The minimum atomic E-state index is -0.699. The Balaban J connectivity index is 1.38. The van der Waals surface area contributed by atoms with Crippen LogP contribution in [0.4, 0.5) is 10.5 Å². The van der Waals surface area contributed by atoms with Crippen molar-refractivity contribution < 1.29 is 23.9 Å². The lowest BCUT2D eigenvalue weighted by atomic mass is 9.93. The van der Waals surface area contributed by atoms with Crippen LogP contribution in [-0.4, -0.2) is 41.3 Å². The molecular formula is C26H27N3O5. The number of rotatable bonds is 6. The maximum absolute atomic E-state index is 13.0. The van der Waals surface area contributed by atoms with Crippen molar-refractivity contribution in [3.05, 3.63) is 65.2 Å². The van der Waals surface area contributed by atoms with Gasteiger partial charge >= 0.3 is 6.03 Å². The number of amides is 5. The van der Waals surface area contributed by atoms with Gasteiger partial charge in [0.2, 0.25) is 0 Å². The Morgan fingerprint density at radius 2 is 1.71 bits per heavy atom. The van der Waals surface area contributed by atoms with Crippen molar-refractivity contribution in [2.45, 2.75) is 45.1 Å². The van der Waals surface area contributed by atoms with Gasteiger partial charge in [-0.25, -0.2) is 4.79 Å². The number of anilines is 1. The van der Waals surface area contributed by atoms with Gasteiger partial charge in [0.25, 0.3) is 17.7 Å². The highest BCUT2D eigenvalue weighted by atomic mass is 16.5. The van der Waals surface area contributed by atoms with Gasteiger partial charge in [0.15, 0.2) is 6.61 Å². The second-order valence-corrected chi connectivity index (χ2v) is 8.56. The zero-order chi connectivity index (χ0) is 24.1. The molecule has 1 aliphatic carbocycles. The van der Waals surface area contributed by atoms with Crippen LogP contribution in [0.15, 0.2) is 54.1 Å². The number of barbiturate groups is 1.